The van der Waals surface area contributed by atoms with E-state index >= 15 is 0 Å². The molecule has 0 atom stereocenters. The van der Waals surface area contributed by atoms with Crippen molar-refractivity contribution in [3.8, 4) is 11.5 Å². The minimum absolute atomic E-state index is 0.0345. The summed E-state index contributed by atoms with van der Waals surface area (Å²) in [6, 6.07) is 10.2. The van der Waals surface area contributed by atoms with Gasteiger partial charge in [-0.05, 0) is 42.8 Å². The Labute approximate surface area is 118 Å². The first-order chi connectivity index (χ1) is 8.99. The maximum Gasteiger partial charge on any atom is 0.337 e. The largest absolute Gasteiger partial charge is 0.478 e. The molecule has 0 aliphatic rings. The van der Waals surface area contributed by atoms with E-state index in [1.807, 2.05) is 19.1 Å². The smallest absolute Gasteiger partial charge is 0.337 e. The van der Waals surface area contributed by atoms with Crippen molar-refractivity contribution in [3.63, 3.8) is 0 Å². The zero-order chi connectivity index (χ0) is 14.0. The average molecular weight is 322 g/mol. The van der Waals surface area contributed by atoms with E-state index in [1.165, 1.54) is 6.07 Å². The Balaban J connectivity index is 2.38. The lowest BCUT2D eigenvalue weighted by atomic mass is 10.1. The summed E-state index contributed by atoms with van der Waals surface area (Å²) < 4.78 is 6.63. The molecule has 0 aliphatic heterocycles. The van der Waals surface area contributed by atoms with E-state index in [4.69, 9.17) is 15.6 Å². The Morgan fingerprint density at radius 3 is 2.63 bits per heavy atom. The summed E-state index contributed by atoms with van der Waals surface area (Å²) in [4.78, 5) is 11.0. The topological polar surface area (TPSA) is 72.5 Å². The minimum atomic E-state index is -1.07. The highest BCUT2D eigenvalue weighted by Crippen LogP contribution is 2.32. The minimum Gasteiger partial charge on any atom is -0.478 e. The lowest BCUT2D eigenvalue weighted by molar-refractivity contribution is 0.0698. The van der Waals surface area contributed by atoms with Crippen LogP contribution in [0.15, 0.2) is 40.9 Å². The van der Waals surface area contributed by atoms with E-state index in [-0.39, 0.29) is 11.3 Å². The molecule has 0 unspecified atom stereocenters. The van der Waals surface area contributed by atoms with Crippen molar-refractivity contribution in [1.29, 1.82) is 0 Å². The van der Waals surface area contributed by atoms with Crippen molar-refractivity contribution in [2.24, 2.45) is 0 Å². The number of halogens is 1. The van der Waals surface area contributed by atoms with Gasteiger partial charge >= 0.3 is 5.97 Å². The number of aryl methyl sites for hydroxylation is 1. The van der Waals surface area contributed by atoms with Crippen LogP contribution in [-0.2, 0) is 0 Å². The first-order valence-electron chi connectivity index (χ1n) is 5.55. The van der Waals surface area contributed by atoms with Crippen LogP contribution in [0.1, 0.15) is 15.9 Å². The monoisotopic (exact) mass is 321 g/mol. The van der Waals surface area contributed by atoms with Gasteiger partial charge in [0.05, 0.1) is 11.3 Å². The third kappa shape index (κ3) is 2.88. The molecule has 0 amide bonds. The first kappa shape index (κ1) is 13.4. The van der Waals surface area contributed by atoms with E-state index in [9.17, 15) is 4.79 Å². The molecule has 3 N–H and O–H groups in total. The fraction of sp³-hybridized carbons (Fsp3) is 0.0714. The van der Waals surface area contributed by atoms with Gasteiger partial charge in [-0.3, -0.25) is 0 Å². The highest BCUT2D eigenvalue weighted by atomic mass is 79.9. The van der Waals surface area contributed by atoms with Gasteiger partial charge in [0.25, 0.3) is 0 Å². The number of ether oxygens (including phenoxy) is 1. The first-order valence-corrected chi connectivity index (χ1v) is 6.34. The summed E-state index contributed by atoms with van der Waals surface area (Å²) in [6.45, 7) is 1.90. The molecule has 98 valence electrons. The summed E-state index contributed by atoms with van der Waals surface area (Å²) in [5, 5.41) is 9.01. The Hall–Kier alpha value is -2.01. The molecular formula is C14H12BrNO3. The van der Waals surface area contributed by atoms with E-state index in [0.717, 1.165) is 10.0 Å². The number of benzene rings is 2. The molecule has 0 saturated heterocycles. The van der Waals surface area contributed by atoms with Crippen LogP contribution >= 0.6 is 15.9 Å². The number of nitrogens with two attached hydrogens (primary N) is 1. The van der Waals surface area contributed by atoms with E-state index in [2.05, 4.69) is 15.9 Å². The van der Waals surface area contributed by atoms with Crippen LogP contribution in [-0.4, -0.2) is 11.1 Å². The quantitative estimate of drug-likeness (QED) is 0.843. The van der Waals surface area contributed by atoms with Crippen molar-refractivity contribution in [2.45, 2.75) is 6.92 Å². The van der Waals surface area contributed by atoms with E-state index < -0.39 is 5.97 Å². The number of hydrogen-bond donors (Lipinski definition) is 2. The predicted molar refractivity (Wildman–Crippen MR) is 76.8 cm³/mol. The Morgan fingerprint density at radius 2 is 2.00 bits per heavy atom. The van der Waals surface area contributed by atoms with E-state index in [1.54, 1.807) is 18.2 Å². The van der Waals surface area contributed by atoms with E-state index in [0.29, 0.717) is 11.5 Å². The van der Waals surface area contributed by atoms with Crippen LogP contribution in [0.4, 0.5) is 5.69 Å². The summed E-state index contributed by atoms with van der Waals surface area (Å²) in [5.74, 6) is -0.0989. The second-order valence-corrected chi connectivity index (χ2v) is 4.95. The lowest BCUT2D eigenvalue weighted by Gasteiger charge is -2.12. The predicted octanol–water partition coefficient (Wildman–Crippen LogP) is 3.83. The van der Waals surface area contributed by atoms with Gasteiger partial charge in [-0.2, -0.15) is 0 Å². The summed E-state index contributed by atoms with van der Waals surface area (Å²) in [6.07, 6.45) is 0. The normalized spacial score (nSPS) is 10.2. The molecule has 0 radical (unpaired) electrons. The van der Waals surface area contributed by atoms with Crippen LogP contribution < -0.4 is 10.5 Å². The van der Waals surface area contributed by atoms with Crippen LogP contribution in [0.3, 0.4) is 0 Å². The molecule has 4 nitrogen and oxygen atoms in total. The average Bonchev–Trinajstić information content (AvgIpc) is 2.34. The SMILES string of the molecule is Cc1cc(Br)ccc1Oc1cccc(C(=O)O)c1N. The second kappa shape index (κ2) is 5.32. The molecule has 0 aliphatic carbocycles. The number of carboxylic acids is 1. The number of hydrogen-bond acceptors (Lipinski definition) is 3. The molecule has 0 spiro atoms. The number of aromatic carboxylic acids is 1. The molecule has 19 heavy (non-hydrogen) atoms. The number of rotatable bonds is 3. The molecule has 0 fully saturated rings. The molecular weight excluding hydrogens is 310 g/mol. The maximum absolute atomic E-state index is 11.0. The van der Waals surface area contributed by atoms with Gasteiger partial charge in [-0.1, -0.05) is 22.0 Å². The Kier molecular flexibility index (Phi) is 3.76. The van der Waals surface area contributed by atoms with Crippen molar-refractivity contribution in [3.05, 3.63) is 52.0 Å². The third-order valence-corrected chi connectivity index (χ3v) is 3.15. The van der Waals surface area contributed by atoms with Gasteiger partial charge in [-0.25, -0.2) is 4.79 Å². The van der Waals surface area contributed by atoms with Crippen LogP contribution in [0, 0.1) is 6.92 Å². The van der Waals surface area contributed by atoms with Crippen molar-refractivity contribution in [1.82, 2.24) is 0 Å². The zero-order valence-corrected chi connectivity index (χ0v) is 11.8. The van der Waals surface area contributed by atoms with Gasteiger partial charge in [-0.15, -0.1) is 0 Å². The number of para-hydroxylation sites is 1. The van der Waals surface area contributed by atoms with Gasteiger partial charge in [0, 0.05) is 4.47 Å². The zero-order valence-electron chi connectivity index (χ0n) is 10.2. The van der Waals surface area contributed by atoms with Gasteiger partial charge in [0.1, 0.15) is 5.75 Å². The molecule has 0 bridgehead atoms. The molecule has 2 rings (SSSR count). The van der Waals surface area contributed by atoms with Gasteiger partial charge in [0.15, 0.2) is 5.75 Å². The number of carboxylic acid groups (broad SMARTS) is 1. The summed E-state index contributed by atoms with van der Waals surface area (Å²) in [5.41, 5.74) is 6.88. The number of nitrogen functional groups attached to an aromatic ring is 1. The second-order valence-electron chi connectivity index (χ2n) is 4.03. The van der Waals surface area contributed by atoms with Crippen LogP contribution in [0.2, 0.25) is 0 Å². The Bertz CT molecular complexity index is 641. The fourth-order valence-corrected chi connectivity index (χ4v) is 2.14. The molecule has 0 aromatic heterocycles. The lowest BCUT2D eigenvalue weighted by Crippen LogP contribution is -2.03. The molecule has 0 heterocycles. The summed E-state index contributed by atoms with van der Waals surface area (Å²) in [7, 11) is 0. The number of carbonyl (C=O) groups is 1. The van der Waals surface area contributed by atoms with Gasteiger partial charge in [0.2, 0.25) is 0 Å². The third-order valence-electron chi connectivity index (χ3n) is 2.65. The standard InChI is InChI=1S/C14H12BrNO3/c1-8-7-9(15)5-6-11(8)19-12-4-2-3-10(13(12)16)14(17)18/h2-7H,16H2,1H3,(H,17,18). The highest BCUT2D eigenvalue weighted by molar-refractivity contribution is 9.10. The van der Waals surface area contributed by atoms with Crippen LogP contribution in [0.25, 0.3) is 0 Å². The van der Waals surface area contributed by atoms with Crippen LogP contribution in [0.5, 0.6) is 11.5 Å². The molecule has 5 heteroatoms. The maximum atomic E-state index is 11.0. The highest BCUT2D eigenvalue weighted by Gasteiger charge is 2.13. The molecule has 0 saturated carbocycles. The number of anilines is 1. The van der Waals surface area contributed by atoms with Crippen molar-refractivity contribution < 1.29 is 14.6 Å². The van der Waals surface area contributed by atoms with Crippen molar-refractivity contribution >= 4 is 27.6 Å². The molecule has 2 aromatic carbocycles. The summed E-state index contributed by atoms with van der Waals surface area (Å²) >= 11 is 3.37. The molecule has 2 aromatic rings. The van der Waals surface area contributed by atoms with Gasteiger partial charge < -0.3 is 15.6 Å². The fourth-order valence-electron chi connectivity index (χ4n) is 1.67. The Morgan fingerprint density at radius 1 is 1.26 bits per heavy atom. The van der Waals surface area contributed by atoms with Crippen molar-refractivity contribution in [2.75, 3.05) is 5.73 Å².